The Kier molecular flexibility index (Phi) is 5.32. The first-order valence-electron chi connectivity index (χ1n) is 7.48. The van der Waals surface area contributed by atoms with E-state index in [1.54, 1.807) is 30.1 Å². The molecule has 120 valence electrons. The van der Waals surface area contributed by atoms with Crippen LogP contribution in [0.25, 0.3) is 0 Å². The van der Waals surface area contributed by atoms with Crippen molar-refractivity contribution < 1.29 is 9.72 Å². The molecule has 1 aliphatic heterocycles. The maximum absolute atomic E-state index is 12.5. The van der Waals surface area contributed by atoms with Crippen LogP contribution in [-0.4, -0.2) is 48.5 Å². The van der Waals surface area contributed by atoms with E-state index >= 15 is 0 Å². The first-order chi connectivity index (χ1) is 10.5. The number of hydrogen-bond donors (Lipinski definition) is 1. The zero-order valence-electron chi connectivity index (χ0n) is 12.8. The lowest BCUT2D eigenvalue weighted by Crippen LogP contribution is -2.50. The third-order valence-electron chi connectivity index (χ3n) is 4.08. The molecule has 2 N–H and O–H groups in total. The number of hydrogen-bond acceptors (Lipinski definition) is 5. The maximum atomic E-state index is 12.5. The highest BCUT2D eigenvalue weighted by molar-refractivity contribution is 5.83. The molecule has 0 saturated carbocycles. The van der Waals surface area contributed by atoms with Gasteiger partial charge in [0.05, 0.1) is 11.5 Å². The Bertz CT molecular complexity index is 549. The largest absolute Gasteiger partial charge is 0.360 e. The second-order valence-electron chi connectivity index (χ2n) is 5.57. The second-order valence-corrected chi connectivity index (χ2v) is 5.57. The number of amides is 1. The van der Waals surface area contributed by atoms with Gasteiger partial charge < -0.3 is 15.5 Å². The summed E-state index contributed by atoms with van der Waals surface area (Å²) in [6.07, 6.45) is 3.00. The summed E-state index contributed by atoms with van der Waals surface area (Å²) < 4.78 is 0. The number of carbonyl (C=O) groups excluding carboxylic acids is 1. The average Bonchev–Trinajstić information content (AvgIpc) is 2.54. The molecule has 1 aromatic carbocycles. The molecule has 2 rings (SSSR count). The third kappa shape index (κ3) is 3.54. The summed E-state index contributed by atoms with van der Waals surface area (Å²) in [7, 11) is 1.70. The fraction of sp³-hybridized carbons (Fsp3) is 0.533. The number of nitrogens with two attached hydrogens (primary N) is 1. The lowest BCUT2D eigenvalue weighted by molar-refractivity contribution is -0.384. The smallest absolute Gasteiger partial charge is 0.292 e. The zero-order chi connectivity index (χ0) is 16.1. The molecule has 1 fully saturated rings. The van der Waals surface area contributed by atoms with E-state index in [0.717, 1.165) is 19.3 Å². The van der Waals surface area contributed by atoms with E-state index in [0.29, 0.717) is 18.8 Å². The van der Waals surface area contributed by atoms with Crippen LogP contribution in [0.4, 0.5) is 11.4 Å². The van der Waals surface area contributed by atoms with Crippen LogP contribution < -0.4 is 10.6 Å². The third-order valence-corrected chi connectivity index (χ3v) is 4.08. The van der Waals surface area contributed by atoms with Gasteiger partial charge in [0.15, 0.2) is 0 Å². The Morgan fingerprint density at radius 1 is 1.45 bits per heavy atom. The van der Waals surface area contributed by atoms with Crippen molar-refractivity contribution in [3.63, 3.8) is 0 Å². The molecule has 0 radical (unpaired) electrons. The van der Waals surface area contributed by atoms with Gasteiger partial charge >= 0.3 is 0 Å². The van der Waals surface area contributed by atoms with Crippen molar-refractivity contribution in [2.45, 2.75) is 25.3 Å². The molecule has 7 nitrogen and oxygen atoms in total. The molecule has 0 spiro atoms. The van der Waals surface area contributed by atoms with E-state index in [2.05, 4.69) is 0 Å². The number of likely N-dealkylation sites (N-methyl/N-ethyl adjacent to an activating group) is 1. The molecule has 0 aliphatic carbocycles. The predicted molar refractivity (Wildman–Crippen MR) is 84.8 cm³/mol. The van der Waals surface area contributed by atoms with Crippen molar-refractivity contribution in [1.29, 1.82) is 0 Å². The molecule has 1 heterocycles. The SMILES string of the molecule is CN(CC(=O)N1CCCCC1CN)c1ccccc1[N+](=O)[O-]. The van der Waals surface area contributed by atoms with Crippen LogP contribution in [-0.2, 0) is 4.79 Å². The van der Waals surface area contributed by atoms with Crippen LogP contribution >= 0.6 is 0 Å². The Morgan fingerprint density at radius 2 is 2.18 bits per heavy atom. The number of para-hydroxylation sites is 2. The van der Waals surface area contributed by atoms with Crippen LogP contribution in [0.15, 0.2) is 24.3 Å². The molecule has 7 heteroatoms. The van der Waals surface area contributed by atoms with E-state index in [4.69, 9.17) is 5.73 Å². The van der Waals surface area contributed by atoms with Crippen molar-refractivity contribution in [3.05, 3.63) is 34.4 Å². The van der Waals surface area contributed by atoms with Gasteiger partial charge in [-0.15, -0.1) is 0 Å². The zero-order valence-corrected chi connectivity index (χ0v) is 12.8. The minimum Gasteiger partial charge on any atom is -0.360 e. The van der Waals surface area contributed by atoms with Gasteiger partial charge in [-0.25, -0.2) is 0 Å². The molecule has 1 aliphatic rings. The molecule has 1 unspecified atom stereocenters. The minimum absolute atomic E-state index is 0.00631. The highest BCUT2D eigenvalue weighted by Crippen LogP contribution is 2.26. The molecule has 0 aromatic heterocycles. The summed E-state index contributed by atoms with van der Waals surface area (Å²) in [4.78, 5) is 26.6. The highest BCUT2D eigenvalue weighted by atomic mass is 16.6. The standard InChI is InChI=1S/C15H22N4O3/c1-17(13-7-2-3-8-14(13)19(21)22)11-15(20)18-9-5-4-6-12(18)10-16/h2-3,7-8,12H,4-6,9-11,16H2,1H3. The molecule has 1 aromatic rings. The Balaban J connectivity index is 2.09. The van der Waals surface area contributed by atoms with E-state index in [1.165, 1.54) is 6.07 Å². The van der Waals surface area contributed by atoms with Gasteiger partial charge in [-0.05, 0) is 25.3 Å². The maximum Gasteiger partial charge on any atom is 0.292 e. The topological polar surface area (TPSA) is 92.7 Å². The number of carbonyl (C=O) groups is 1. The quantitative estimate of drug-likeness (QED) is 0.655. The van der Waals surface area contributed by atoms with Crippen LogP contribution in [0.5, 0.6) is 0 Å². The predicted octanol–water partition coefficient (Wildman–Crippen LogP) is 1.37. The monoisotopic (exact) mass is 306 g/mol. The first-order valence-corrected chi connectivity index (χ1v) is 7.48. The van der Waals surface area contributed by atoms with Crippen LogP contribution in [0.3, 0.4) is 0 Å². The minimum atomic E-state index is -0.431. The van der Waals surface area contributed by atoms with Gasteiger partial charge in [0.1, 0.15) is 5.69 Å². The normalized spacial score (nSPS) is 18.1. The summed E-state index contributed by atoms with van der Waals surface area (Å²) in [5.74, 6) is -0.0317. The number of nitro groups is 1. The number of piperidine rings is 1. The highest BCUT2D eigenvalue weighted by Gasteiger charge is 2.27. The van der Waals surface area contributed by atoms with Crippen molar-refractivity contribution in [2.75, 3.05) is 31.6 Å². The van der Waals surface area contributed by atoms with Gasteiger partial charge in [-0.3, -0.25) is 14.9 Å². The molecular weight excluding hydrogens is 284 g/mol. The van der Waals surface area contributed by atoms with Crippen molar-refractivity contribution in [2.24, 2.45) is 5.73 Å². The number of likely N-dealkylation sites (tertiary alicyclic amines) is 1. The van der Waals surface area contributed by atoms with Crippen LogP contribution in [0.2, 0.25) is 0 Å². The summed E-state index contributed by atoms with van der Waals surface area (Å²) >= 11 is 0. The Labute approximate surface area is 129 Å². The molecular formula is C15H22N4O3. The van der Waals surface area contributed by atoms with Crippen LogP contribution in [0, 0.1) is 10.1 Å². The van der Waals surface area contributed by atoms with E-state index in [-0.39, 0.29) is 24.2 Å². The second kappa shape index (κ2) is 7.22. The van der Waals surface area contributed by atoms with Crippen molar-refractivity contribution in [3.8, 4) is 0 Å². The first kappa shape index (κ1) is 16.2. The number of rotatable bonds is 5. The number of benzene rings is 1. The molecule has 22 heavy (non-hydrogen) atoms. The van der Waals surface area contributed by atoms with Gasteiger partial charge in [-0.1, -0.05) is 12.1 Å². The summed E-state index contributed by atoms with van der Waals surface area (Å²) in [5, 5.41) is 11.1. The lowest BCUT2D eigenvalue weighted by atomic mass is 10.0. The Hall–Kier alpha value is -2.15. The molecule has 1 saturated heterocycles. The van der Waals surface area contributed by atoms with Crippen LogP contribution in [0.1, 0.15) is 19.3 Å². The molecule has 0 bridgehead atoms. The fourth-order valence-electron chi connectivity index (χ4n) is 2.89. The van der Waals surface area contributed by atoms with E-state index in [1.807, 2.05) is 4.90 Å². The fourth-order valence-corrected chi connectivity index (χ4v) is 2.89. The summed E-state index contributed by atoms with van der Waals surface area (Å²) in [6, 6.07) is 6.53. The van der Waals surface area contributed by atoms with E-state index in [9.17, 15) is 14.9 Å². The van der Waals surface area contributed by atoms with Gasteiger partial charge in [0.2, 0.25) is 5.91 Å². The summed E-state index contributed by atoms with van der Waals surface area (Å²) in [6.45, 7) is 1.29. The number of anilines is 1. The average molecular weight is 306 g/mol. The van der Waals surface area contributed by atoms with E-state index < -0.39 is 4.92 Å². The Morgan fingerprint density at radius 3 is 2.86 bits per heavy atom. The molecule has 1 amide bonds. The number of nitro benzene ring substituents is 1. The number of nitrogens with zero attached hydrogens (tertiary/aromatic N) is 3. The van der Waals surface area contributed by atoms with Gasteiger partial charge in [0.25, 0.3) is 5.69 Å². The molecule has 1 atom stereocenters. The van der Waals surface area contributed by atoms with Gasteiger partial charge in [0, 0.05) is 32.2 Å². The van der Waals surface area contributed by atoms with Crippen molar-refractivity contribution in [1.82, 2.24) is 4.90 Å². The summed E-state index contributed by atoms with van der Waals surface area (Å²) in [5.41, 5.74) is 6.19. The lowest BCUT2D eigenvalue weighted by Gasteiger charge is -2.36. The van der Waals surface area contributed by atoms with Gasteiger partial charge in [-0.2, -0.15) is 0 Å². The van der Waals surface area contributed by atoms with Crippen molar-refractivity contribution >= 4 is 17.3 Å².